The van der Waals surface area contributed by atoms with Crippen LogP contribution >= 0.6 is 0 Å². The van der Waals surface area contributed by atoms with Gasteiger partial charge in [0.25, 0.3) is 5.91 Å². The van der Waals surface area contributed by atoms with Crippen LogP contribution in [0.5, 0.6) is 0 Å². The summed E-state index contributed by atoms with van der Waals surface area (Å²) in [7, 11) is -3.07. The molecule has 1 aliphatic heterocycles. The van der Waals surface area contributed by atoms with Crippen LogP contribution in [0.4, 0.5) is 0 Å². The Morgan fingerprint density at radius 1 is 1.30 bits per heavy atom. The zero-order valence-corrected chi connectivity index (χ0v) is 13.0. The van der Waals surface area contributed by atoms with E-state index < -0.39 is 34.4 Å². The molecule has 23 heavy (non-hydrogen) atoms. The molecule has 122 valence electrons. The van der Waals surface area contributed by atoms with E-state index in [1.54, 1.807) is 24.3 Å². The fourth-order valence-corrected chi connectivity index (χ4v) is 4.14. The SMILES string of the molecule is O=C(COC(=O)c1cc2ccccc2o1)N[C@H]1CCS(=O)(=O)C1. The Morgan fingerprint density at radius 3 is 2.78 bits per heavy atom. The van der Waals surface area contributed by atoms with Gasteiger partial charge in [-0.25, -0.2) is 13.2 Å². The topological polar surface area (TPSA) is 103 Å². The first kappa shape index (κ1) is 15.5. The van der Waals surface area contributed by atoms with E-state index in [2.05, 4.69) is 5.32 Å². The van der Waals surface area contributed by atoms with E-state index in [1.165, 1.54) is 0 Å². The number of rotatable bonds is 4. The van der Waals surface area contributed by atoms with Gasteiger partial charge in [0.1, 0.15) is 5.58 Å². The van der Waals surface area contributed by atoms with Gasteiger partial charge in [0.05, 0.1) is 11.5 Å². The lowest BCUT2D eigenvalue weighted by atomic mass is 10.2. The average Bonchev–Trinajstić information content (AvgIpc) is 3.07. The molecule has 3 rings (SSSR count). The van der Waals surface area contributed by atoms with E-state index in [0.29, 0.717) is 12.0 Å². The molecule has 0 radical (unpaired) electrons. The molecule has 1 aliphatic rings. The van der Waals surface area contributed by atoms with Crippen molar-refractivity contribution in [3.05, 3.63) is 36.1 Å². The lowest BCUT2D eigenvalue weighted by molar-refractivity contribution is -0.124. The Hall–Kier alpha value is -2.35. The van der Waals surface area contributed by atoms with Crippen molar-refractivity contribution in [3.8, 4) is 0 Å². The molecule has 0 spiro atoms. The van der Waals surface area contributed by atoms with Crippen LogP contribution in [0.15, 0.2) is 34.7 Å². The van der Waals surface area contributed by atoms with Gasteiger partial charge in [0, 0.05) is 11.4 Å². The molecule has 0 unspecified atom stereocenters. The number of fused-ring (bicyclic) bond motifs is 1. The Bertz CT molecular complexity index is 821. The van der Waals surface area contributed by atoms with Crippen LogP contribution in [0.25, 0.3) is 11.0 Å². The molecule has 1 fully saturated rings. The smallest absolute Gasteiger partial charge is 0.374 e. The third-order valence-corrected chi connectivity index (χ3v) is 5.33. The van der Waals surface area contributed by atoms with Gasteiger partial charge in [-0.3, -0.25) is 4.79 Å². The van der Waals surface area contributed by atoms with Gasteiger partial charge in [-0.1, -0.05) is 18.2 Å². The fourth-order valence-electron chi connectivity index (χ4n) is 2.46. The summed E-state index contributed by atoms with van der Waals surface area (Å²) in [6, 6.07) is 8.24. The number of esters is 1. The minimum Gasteiger partial charge on any atom is -0.450 e. The van der Waals surface area contributed by atoms with Crippen molar-refractivity contribution in [3.63, 3.8) is 0 Å². The highest BCUT2D eigenvalue weighted by molar-refractivity contribution is 7.91. The molecule has 1 N–H and O–H groups in total. The highest BCUT2D eigenvalue weighted by atomic mass is 32.2. The number of sulfone groups is 1. The standard InChI is InChI=1S/C15H15NO6S/c17-14(16-11-5-6-23(19,20)9-11)8-21-15(18)13-7-10-3-1-2-4-12(10)22-13/h1-4,7,11H,5-6,8-9H2,(H,16,17)/t11-/m0/s1. The van der Waals surface area contributed by atoms with Crippen LogP contribution in [0.2, 0.25) is 0 Å². The first-order chi connectivity index (χ1) is 10.9. The molecule has 1 aromatic heterocycles. The number of para-hydroxylation sites is 1. The number of carbonyl (C=O) groups excluding carboxylic acids is 2. The Morgan fingerprint density at radius 2 is 2.09 bits per heavy atom. The van der Waals surface area contributed by atoms with Gasteiger partial charge in [-0.2, -0.15) is 0 Å². The Balaban J connectivity index is 1.53. The molecule has 8 heteroatoms. The number of furan rings is 1. The van der Waals surface area contributed by atoms with Crippen molar-refractivity contribution in [1.82, 2.24) is 5.32 Å². The molecule has 1 amide bonds. The Kier molecular flexibility index (Phi) is 4.08. The first-order valence-corrected chi connectivity index (χ1v) is 8.90. The first-order valence-electron chi connectivity index (χ1n) is 7.08. The molecule has 7 nitrogen and oxygen atoms in total. The van der Waals surface area contributed by atoms with Crippen molar-refractivity contribution in [2.45, 2.75) is 12.5 Å². The third-order valence-electron chi connectivity index (χ3n) is 3.56. The lowest BCUT2D eigenvalue weighted by Crippen LogP contribution is -2.38. The number of ether oxygens (including phenoxy) is 1. The number of benzene rings is 1. The summed E-state index contributed by atoms with van der Waals surface area (Å²) < 4.78 is 32.8. The van der Waals surface area contributed by atoms with Crippen LogP contribution in [-0.4, -0.2) is 44.4 Å². The van der Waals surface area contributed by atoms with Gasteiger partial charge in [-0.05, 0) is 18.6 Å². The molecule has 1 aromatic carbocycles. The summed E-state index contributed by atoms with van der Waals surface area (Å²) in [5.41, 5.74) is 0.556. The van der Waals surface area contributed by atoms with E-state index in [0.717, 1.165) is 5.39 Å². The molecular formula is C15H15NO6S. The van der Waals surface area contributed by atoms with E-state index >= 15 is 0 Å². The van der Waals surface area contributed by atoms with Gasteiger partial charge in [-0.15, -0.1) is 0 Å². The molecule has 1 atom stereocenters. The number of hydrogen-bond acceptors (Lipinski definition) is 6. The molecule has 1 saturated heterocycles. The summed E-state index contributed by atoms with van der Waals surface area (Å²) >= 11 is 0. The number of nitrogens with one attached hydrogen (secondary N) is 1. The predicted octanol–water partition coefficient (Wildman–Crippen LogP) is 0.893. The molecule has 2 heterocycles. The largest absolute Gasteiger partial charge is 0.450 e. The monoisotopic (exact) mass is 337 g/mol. The maximum Gasteiger partial charge on any atom is 0.374 e. The molecule has 0 aliphatic carbocycles. The van der Waals surface area contributed by atoms with Crippen LogP contribution < -0.4 is 5.32 Å². The van der Waals surface area contributed by atoms with Gasteiger partial charge >= 0.3 is 5.97 Å². The van der Waals surface area contributed by atoms with Gasteiger partial charge in [0.15, 0.2) is 16.4 Å². The Labute approximate surface area is 132 Å². The van der Waals surface area contributed by atoms with Crippen LogP contribution in [0.3, 0.4) is 0 Å². The van der Waals surface area contributed by atoms with Crippen molar-refractivity contribution in [2.24, 2.45) is 0 Å². The lowest BCUT2D eigenvalue weighted by Gasteiger charge is -2.10. The number of amides is 1. The van der Waals surface area contributed by atoms with E-state index in [1.807, 2.05) is 6.07 Å². The van der Waals surface area contributed by atoms with Crippen LogP contribution in [0, 0.1) is 0 Å². The second kappa shape index (κ2) is 6.04. The quantitative estimate of drug-likeness (QED) is 0.831. The van der Waals surface area contributed by atoms with E-state index in [9.17, 15) is 18.0 Å². The summed E-state index contributed by atoms with van der Waals surface area (Å²) in [6.45, 7) is -0.480. The minimum absolute atomic E-state index is 0.0162. The average molecular weight is 337 g/mol. The molecule has 0 saturated carbocycles. The summed E-state index contributed by atoms with van der Waals surface area (Å²) in [6.07, 6.45) is 0.381. The maximum absolute atomic E-state index is 11.9. The molecule has 2 aromatic rings. The molecular weight excluding hydrogens is 322 g/mol. The summed E-state index contributed by atoms with van der Waals surface area (Å²) in [4.78, 5) is 23.6. The van der Waals surface area contributed by atoms with Crippen molar-refractivity contribution < 1.29 is 27.2 Å². The highest BCUT2D eigenvalue weighted by Crippen LogP contribution is 2.19. The van der Waals surface area contributed by atoms with E-state index in [4.69, 9.17) is 9.15 Å². The fraction of sp³-hybridized carbons (Fsp3) is 0.333. The number of carbonyl (C=O) groups is 2. The maximum atomic E-state index is 11.9. The van der Waals surface area contributed by atoms with Crippen molar-refractivity contribution >= 4 is 32.7 Å². The van der Waals surface area contributed by atoms with Crippen LogP contribution in [0.1, 0.15) is 17.0 Å². The zero-order valence-electron chi connectivity index (χ0n) is 12.2. The minimum atomic E-state index is -3.07. The predicted molar refractivity (Wildman–Crippen MR) is 81.7 cm³/mol. The van der Waals surface area contributed by atoms with Gasteiger partial charge < -0.3 is 14.5 Å². The normalized spacial score (nSPS) is 19.6. The van der Waals surface area contributed by atoms with Gasteiger partial charge in [0.2, 0.25) is 5.76 Å². The third kappa shape index (κ3) is 3.70. The summed E-state index contributed by atoms with van der Waals surface area (Å²) in [5.74, 6) is -1.26. The van der Waals surface area contributed by atoms with E-state index in [-0.39, 0.29) is 17.3 Å². The zero-order chi connectivity index (χ0) is 16.4. The van der Waals surface area contributed by atoms with Crippen molar-refractivity contribution in [2.75, 3.05) is 18.1 Å². The highest BCUT2D eigenvalue weighted by Gasteiger charge is 2.29. The van der Waals surface area contributed by atoms with Crippen LogP contribution in [-0.2, 0) is 19.4 Å². The summed E-state index contributed by atoms with van der Waals surface area (Å²) in [5, 5.41) is 3.31. The number of hydrogen-bond donors (Lipinski definition) is 1. The second-order valence-corrected chi connectivity index (χ2v) is 7.62. The second-order valence-electron chi connectivity index (χ2n) is 5.39. The van der Waals surface area contributed by atoms with Crippen molar-refractivity contribution in [1.29, 1.82) is 0 Å². The molecule has 0 bridgehead atoms.